The molecule has 0 fully saturated rings. The van der Waals surface area contributed by atoms with Crippen molar-refractivity contribution in [2.75, 3.05) is 18.3 Å². The number of methoxy groups -OCH3 is 1. The highest BCUT2D eigenvalue weighted by atomic mass is 32.2. The molecule has 0 aliphatic carbocycles. The maximum Gasteiger partial charge on any atom is 0.326 e. The normalized spacial score (nSPS) is 15.7. The zero-order chi connectivity index (χ0) is 25.2. The van der Waals surface area contributed by atoms with Gasteiger partial charge in [0.25, 0.3) is 5.89 Å². The van der Waals surface area contributed by atoms with Crippen molar-refractivity contribution in [1.29, 1.82) is 0 Å². The van der Waals surface area contributed by atoms with Gasteiger partial charge in [-0.1, -0.05) is 53.2 Å². The van der Waals surface area contributed by atoms with E-state index in [1.807, 2.05) is 92.9 Å². The van der Waals surface area contributed by atoms with Crippen LogP contribution in [-0.2, 0) is 0 Å². The number of aromatic nitrogens is 2. The van der Waals surface area contributed by atoms with Gasteiger partial charge < -0.3 is 14.6 Å². The van der Waals surface area contributed by atoms with E-state index < -0.39 is 6.04 Å². The second kappa shape index (κ2) is 9.91. The van der Waals surface area contributed by atoms with Gasteiger partial charge in [0.1, 0.15) is 5.75 Å². The van der Waals surface area contributed by atoms with Gasteiger partial charge in [-0.25, -0.2) is 4.79 Å². The van der Waals surface area contributed by atoms with Crippen molar-refractivity contribution in [3.8, 4) is 17.1 Å². The molecule has 1 aromatic heterocycles. The molecular formula is C28H26N4O3S. The zero-order valence-corrected chi connectivity index (χ0v) is 21.3. The lowest BCUT2D eigenvalue weighted by atomic mass is 9.94. The van der Waals surface area contributed by atoms with Gasteiger partial charge in [0.2, 0.25) is 5.82 Å². The van der Waals surface area contributed by atoms with Crippen molar-refractivity contribution in [2.24, 2.45) is 0 Å². The number of carbonyl (C=O) groups is 1. The molecule has 1 atom stereocenters. The Hall–Kier alpha value is -4.04. The fraction of sp³-hybridized carbons (Fsp3) is 0.179. The molecule has 0 saturated carbocycles. The third-order valence-corrected chi connectivity index (χ3v) is 6.92. The second-order valence-corrected chi connectivity index (χ2v) is 9.36. The van der Waals surface area contributed by atoms with E-state index in [4.69, 9.17) is 14.2 Å². The smallest absolute Gasteiger partial charge is 0.326 e. The number of ether oxygens (including phenoxy) is 1. The van der Waals surface area contributed by atoms with Gasteiger partial charge in [-0.05, 0) is 56.0 Å². The predicted molar refractivity (Wildman–Crippen MR) is 142 cm³/mol. The zero-order valence-electron chi connectivity index (χ0n) is 20.5. The van der Waals surface area contributed by atoms with E-state index in [-0.39, 0.29) is 6.03 Å². The number of anilines is 1. The molecule has 36 heavy (non-hydrogen) atoms. The van der Waals surface area contributed by atoms with E-state index in [1.165, 1.54) is 0 Å². The van der Waals surface area contributed by atoms with Crippen molar-refractivity contribution < 1.29 is 14.1 Å². The summed E-state index contributed by atoms with van der Waals surface area (Å²) in [6.45, 7) is 3.94. The minimum absolute atomic E-state index is 0.215. The molecule has 1 aliphatic rings. The summed E-state index contributed by atoms with van der Waals surface area (Å²) in [5, 5.41) is 7.41. The van der Waals surface area contributed by atoms with Crippen LogP contribution in [0.4, 0.5) is 10.5 Å². The van der Waals surface area contributed by atoms with Crippen molar-refractivity contribution in [3.63, 3.8) is 0 Å². The SMILES string of the molecule is COc1cccc(-c2noc(C3=C(C)N(c4cccc(SC)c4)C(=O)NC3c3ccc(C)cc3)n2)c1. The number of benzene rings is 3. The lowest BCUT2D eigenvalue weighted by Crippen LogP contribution is -2.46. The molecule has 0 spiro atoms. The van der Waals surface area contributed by atoms with E-state index in [9.17, 15) is 4.79 Å². The molecule has 7 nitrogen and oxygen atoms in total. The number of nitrogens with one attached hydrogen (secondary N) is 1. The van der Waals surface area contributed by atoms with Gasteiger partial charge in [0, 0.05) is 16.2 Å². The molecule has 182 valence electrons. The minimum atomic E-state index is -0.448. The molecule has 2 amide bonds. The quantitative estimate of drug-likeness (QED) is 0.307. The monoisotopic (exact) mass is 498 g/mol. The van der Waals surface area contributed by atoms with E-state index in [0.717, 1.165) is 38.5 Å². The molecule has 1 unspecified atom stereocenters. The topological polar surface area (TPSA) is 80.5 Å². The van der Waals surface area contributed by atoms with Crippen LogP contribution < -0.4 is 15.0 Å². The largest absolute Gasteiger partial charge is 0.497 e. The molecule has 0 radical (unpaired) electrons. The maximum absolute atomic E-state index is 13.4. The summed E-state index contributed by atoms with van der Waals surface area (Å²) >= 11 is 1.62. The number of nitrogens with zero attached hydrogens (tertiary/aromatic N) is 3. The summed E-state index contributed by atoms with van der Waals surface area (Å²) in [6.07, 6.45) is 2.01. The van der Waals surface area contributed by atoms with Crippen LogP contribution in [0.25, 0.3) is 17.0 Å². The van der Waals surface area contributed by atoms with Crippen LogP contribution in [-0.4, -0.2) is 29.5 Å². The van der Waals surface area contributed by atoms with Crippen LogP contribution in [0.3, 0.4) is 0 Å². The number of rotatable bonds is 6. The molecule has 3 aromatic carbocycles. The Labute approximate surface area is 214 Å². The number of hydrogen-bond acceptors (Lipinski definition) is 6. The van der Waals surface area contributed by atoms with E-state index >= 15 is 0 Å². The first kappa shape index (κ1) is 23.7. The van der Waals surface area contributed by atoms with E-state index in [0.29, 0.717) is 17.5 Å². The summed E-state index contributed by atoms with van der Waals surface area (Å²) < 4.78 is 11.1. The molecule has 1 aliphatic heterocycles. The summed E-state index contributed by atoms with van der Waals surface area (Å²) in [5.41, 5.74) is 5.08. The number of hydrogen-bond donors (Lipinski definition) is 1. The van der Waals surface area contributed by atoms with Gasteiger partial charge >= 0.3 is 6.03 Å². The van der Waals surface area contributed by atoms with Crippen LogP contribution in [0, 0.1) is 6.92 Å². The highest BCUT2D eigenvalue weighted by Crippen LogP contribution is 2.39. The molecular weight excluding hydrogens is 472 g/mol. The Morgan fingerprint density at radius 2 is 1.81 bits per heavy atom. The van der Waals surface area contributed by atoms with Crippen LogP contribution in [0.15, 0.2) is 87.9 Å². The first-order chi connectivity index (χ1) is 17.5. The molecule has 0 saturated heterocycles. The summed E-state index contributed by atoms with van der Waals surface area (Å²) in [4.78, 5) is 20.9. The highest BCUT2D eigenvalue weighted by Gasteiger charge is 2.36. The van der Waals surface area contributed by atoms with Gasteiger partial charge in [-0.15, -0.1) is 11.8 Å². The molecule has 2 heterocycles. The third kappa shape index (κ3) is 4.47. The maximum atomic E-state index is 13.4. The van der Waals surface area contributed by atoms with Gasteiger partial charge in [0.05, 0.1) is 24.4 Å². The number of carbonyl (C=O) groups excluding carboxylic acids is 1. The van der Waals surface area contributed by atoms with Crippen LogP contribution in [0.2, 0.25) is 0 Å². The Bertz CT molecular complexity index is 1450. The second-order valence-electron chi connectivity index (χ2n) is 8.48. The van der Waals surface area contributed by atoms with Crippen molar-refractivity contribution in [1.82, 2.24) is 15.5 Å². The lowest BCUT2D eigenvalue weighted by Gasteiger charge is -2.35. The number of allylic oxidation sites excluding steroid dienone is 1. The summed E-state index contributed by atoms with van der Waals surface area (Å²) in [6, 6.07) is 22.8. The highest BCUT2D eigenvalue weighted by molar-refractivity contribution is 7.98. The average molecular weight is 499 g/mol. The number of thioether (sulfide) groups is 1. The fourth-order valence-corrected chi connectivity index (χ4v) is 4.75. The molecule has 0 bridgehead atoms. The summed E-state index contributed by atoms with van der Waals surface area (Å²) in [7, 11) is 1.62. The Morgan fingerprint density at radius 1 is 1.03 bits per heavy atom. The molecule has 8 heteroatoms. The number of urea groups is 1. The Kier molecular flexibility index (Phi) is 6.52. The molecule has 1 N–H and O–H groups in total. The minimum Gasteiger partial charge on any atom is -0.497 e. The molecule has 5 rings (SSSR count). The van der Waals surface area contributed by atoms with Crippen molar-refractivity contribution in [3.05, 3.63) is 95.5 Å². The van der Waals surface area contributed by atoms with Gasteiger partial charge in [0.15, 0.2) is 0 Å². The lowest BCUT2D eigenvalue weighted by molar-refractivity contribution is 0.244. The standard InChI is InChI=1S/C28H26N4O3S/c1-17-11-13-19(14-12-17)25-24(27-30-26(31-35-27)20-7-5-9-22(15-20)34-3)18(2)32(28(33)29-25)21-8-6-10-23(16-21)36-4/h5-16,25H,1-4H3,(H,29,33). The van der Waals surface area contributed by atoms with Crippen LogP contribution in [0.1, 0.15) is 30.0 Å². The number of amides is 2. The van der Waals surface area contributed by atoms with Crippen LogP contribution in [0.5, 0.6) is 5.75 Å². The summed E-state index contributed by atoms with van der Waals surface area (Å²) in [5.74, 6) is 1.50. The first-order valence-corrected chi connectivity index (χ1v) is 12.7. The Morgan fingerprint density at radius 3 is 2.56 bits per heavy atom. The third-order valence-electron chi connectivity index (χ3n) is 6.19. The first-order valence-electron chi connectivity index (χ1n) is 11.5. The molecule has 4 aromatic rings. The number of aryl methyl sites for hydroxylation is 1. The van der Waals surface area contributed by atoms with E-state index in [2.05, 4.69) is 10.5 Å². The van der Waals surface area contributed by atoms with Gasteiger partial charge in [-0.2, -0.15) is 4.98 Å². The van der Waals surface area contributed by atoms with E-state index in [1.54, 1.807) is 23.8 Å². The van der Waals surface area contributed by atoms with Crippen molar-refractivity contribution >= 4 is 29.1 Å². The fourth-order valence-electron chi connectivity index (χ4n) is 4.30. The van der Waals surface area contributed by atoms with Crippen LogP contribution >= 0.6 is 11.8 Å². The van der Waals surface area contributed by atoms with Crippen molar-refractivity contribution in [2.45, 2.75) is 24.8 Å². The average Bonchev–Trinajstić information content (AvgIpc) is 3.39. The predicted octanol–water partition coefficient (Wildman–Crippen LogP) is 6.48. The van der Waals surface area contributed by atoms with Gasteiger partial charge in [-0.3, -0.25) is 4.90 Å². The Balaban J connectivity index is 1.65.